The Morgan fingerprint density at radius 3 is 2.19 bits per heavy atom. The van der Waals surface area contributed by atoms with Crippen molar-refractivity contribution in [1.82, 2.24) is 0 Å². The van der Waals surface area contributed by atoms with Crippen LogP contribution < -0.4 is 0 Å². The molecule has 3 rings (SSSR count). The van der Waals surface area contributed by atoms with Gasteiger partial charge in [0.2, 0.25) is 5.69 Å². The molecular weight excluding hydrogens is 458 g/mol. The first-order valence-corrected chi connectivity index (χ1v) is 12.9. The van der Waals surface area contributed by atoms with Gasteiger partial charge in [0, 0.05) is 36.8 Å². The van der Waals surface area contributed by atoms with Gasteiger partial charge in [-0.15, -0.1) is 0 Å². The molecule has 11 heteroatoms. The monoisotopic (exact) mass is 484 g/mol. The molecule has 0 radical (unpaired) electrons. The topological polar surface area (TPSA) is 149 Å². The van der Waals surface area contributed by atoms with Crippen molar-refractivity contribution in [3.63, 3.8) is 0 Å². The molecule has 1 aliphatic heterocycles. The van der Waals surface area contributed by atoms with E-state index in [4.69, 9.17) is 5.11 Å². The summed E-state index contributed by atoms with van der Waals surface area (Å²) in [6.45, 7) is 6.40. The molecule has 0 amide bonds. The Labute approximate surface area is 186 Å². The molecule has 9 nitrogen and oxygen atoms in total. The van der Waals surface area contributed by atoms with Gasteiger partial charge in [-0.25, -0.2) is 0 Å². The molecule has 174 valence electrons. The van der Waals surface area contributed by atoms with Crippen molar-refractivity contribution in [2.24, 2.45) is 0 Å². The van der Waals surface area contributed by atoms with Gasteiger partial charge >= 0.3 is 5.97 Å². The molecule has 0 aliphatic carbocycles. The fourth-order valence-electron chi connectivity index (χ4n) is 4.32. The first kappa shape index (κ1) is 24.3. The van der Waals surface area contributed by atoms with Crippen LogP contribution in [0.1, 0.15) is 52.0 Å². The molecule has 0 aromatic heterocycles. The molecule has 0 saturated heterocycles. The first-order valence-electron chi connectivity index (χ1n) is 10.1. The van der Waals surface area contributed by atoms with Crippen molar-refractivity contribution in [3.05, 3.63) is 29.8 Å². The van der Waals surface area contributed by atoms with Crippen molar-refractivity contribution in [2.75, 3.05) is 6.54 Å². The first-order chi connectivity index (χ1) is 14.7. The molecule has 0 fully saturated rings. The summed E-state index contributed by atoms with van der Waals surface area (Å²) >= 11 is 0. The van der Waals surface area contributed by atoms with Crippen molar-refractivity contribution >= 4 is 48.4 Å². The van der Waals surface area contributed by atoms with Crippen molar-refractivity contribution in [3.8, 4) is 0 Å². The van der Waals surface area contributed by atoms with Crippen LogP contribution in [0, 0.1) is 0 Å². The number of fused-ring (bicyclic) bond motifs is 3. The minimum Gasteiger partial charge on any atom is -0.481 e. The Morgan fingerprint density at radius 2 is 1.62 bits per heavy atom. The van der Waals surface area contributed by atoms with Crippen LogP contribution in [0.15, 0.2) is 34.1 Å². The molecule has 0 bridgehead atoms. The molecule has 0 spiro atoms. The lowest BCUT2D eigenvalue weighted by atomic mass is 9.80. The van der Waals surface area contributed by atoms with Crippen molar-refractivity contribution in [2.45, 2.75) is 61.7 Å². The normalized spacial score (nSPS) is 15.9. The Balaban J connectivity index is 2.18. The number of aliphatic carboxylic acids is 1. The number of nitrogens with zero attached hydrogens (tertiary/aromatic N) is 1. The smallest absolute Gasteiger partial charge is 0.303 e. The lowest BCUT2D eigenvalue weighted by molar-refractivity contribution is -0.439. The maximum absolute atomic E-state index is 12.0. The van der Waals surface area contributed by atoms with Crippen LogP contribution >= 0.6 is 0 Å². The van der Waals surface area contributed by atoms with Crippen LogP contribution in [-0.4, -0.2) is 53.8 Å². The van der Waals surface area contributed by atoms with E-state index in [0.29, 0.717) is 23.9 Å². The molecule has 0 atom stereocenters. The molecule has 2 aromatic carbocycles. The van der Waals surface area contributed by atoms with Crippen molar-refractivity contribution < 1.29 is 40.4 Å². The number of carboxylic acids is 1. The van der Waals surface area contributed by atoms with Crippen LogP contribution in [-0.2, 0) is 30.4 Å². The standard InChI is InChI=1S/C21H25NO8S2/c1-13-21(2,3)20-16-11-14(31(25,26)27)12-18(32(28,29)30)15(16)8-9-17(20)22(13)10-6-4-5-7-19(23)24/h8-9,11-12H,4-7,10H2,1-3H3,(H2-,23,24,25,26,27,28,29,30)/p+1. The third kappa shape index (κ3) is 4.42. The number of benzene rings is 2. The van der Waals surface area contributed by atoms with Gasteiger partial charge in [-0.2, -0.15) is 21.4 Å². The summed E-state index contributed by atoms with van der Waals surface area (Å²) in [6, 6.07) is 5.22. The molecule has 0 unspecified atom stereocenters. The van der Waals surface area contributed by atoms with Gasteiger partial charge in [-0.1, -0.05) is 0 Å². The van der Waals surface area contributed by atoms with E-state index in [9.17, 15) is 30.7 Å². The number of carboxylic acid groups (broad SMARTS) is 1. The van der Waals surface area contributed by atoms with E-state index in [0.717, 1.165) is 30.3 Å². The Morgan fingerprint density at radius 1 is 0.969 bits per heavy atom. The number of rotatable bonds is 8. The van der Waals surface area contributed by atoms with E-state index in [1.807, 2.05) is 20.8 Å². The van der Waals surface area contributed by atoms with E-state index in [1.54, 1.807) is 6.07 Å². The Kier molecular flexibility index (Phi) is 6.24. The van der Waals surface area contributed by atoms with Crippen LogP contribution in [0.3, 0.4) is 0 Å². The quantitative estimate of drug-likeness (QED) is 0.293. The number of hydrogen-bond acceptors (Lipinski definition) is 5. The Bertz CT molecular complexity index is 1360. The summed E-state index contributed by atoms with van der Waals surface area (Å²) in [6.07, 6.45) is 2.12. The summed E-state index contributed by atoms with van der Waals surface area (Å²) in [4.78, 5) is 9.49. The second kappa shape index (κ2) is 8.22. The molecule has 32 heavy (non-hydrogen) atoms. The van der Waals surface area contributed by atoms with E-state index < -0.39 is 41.4 Å². The molecule has 1 aliphatic rings. The predicted molar refractivity (Wildman–Crippen MR) is 118 cm³/mol. The molecular formula is C21H26NO8S2+. The summed E-state index contributed by atoms with van der Waals surface area (Å²) in [7, 11) is -9.50. The van der Waals surface area contributed by atoms with Crippen LogP contribution in [0.25, 0.3) is 10.8 Å². The maximum atomic E-state index is 12.0. The summed E-state index contributed by atoms with van der Waals surface area (Å²) < 4.78 is 68.9. The second-order valence-electron chi connectivity index (χ2n) is 8.49. The highest BCUT2D eigenvalue weighted by Crippen LogP contribution is 2.45. The average Bonchev–Trinajstić information content (AvgIpc) is 2.85. The molecule has 0 saturated carbocycles. The zero-order valence-corrected chi connectivity index (χ0v) is 19.6. The number of unbranched alkanes of at least 4 members (excludes halogenated alkanes) is 2. The maximum Gasteiger partial charge on any atom is 0.303 e. The lowest BCUT2D eigenvalue weighted by Gasteiger charge is -2.18. The number of hydrogen-bond donors (Lipinski definition) is 3. The highest BCUT2D eigenvalue weighted by molar-refractivity contribution is 7.86. The molecule has 2 aromatic rings. The van der Waals surface area contributed by atoms with Gasteiger partial charge in [0.1, 0.15) is 11.4 Å². The average molecular weight is 485 g/mol. The van der Waals surface area contributed by atoms with Gasteiger partial charge < -0.3 is 5.11 Å². The summed E-state index contributed by atoms with van der Waals surface area (Å²) in [5.74, 6) is -0.837. The van der Waals surface area contributed by atoms with Crippen LogP contribution in [0.4, 0.5) is 5.69 Å². The highest BCUT2D eigenvalue weighted by Gasteiger charge is 2.44. The van der Waals surface area contributed by atoms with Crippen molar-refractivity contribution in [1.29, 1.82) is 0 Å². The second-order valence-corrected chi connectivity index (χ2v) is 11.3. The highest BCUT2D eigenvalue weighted by atomic mass is 32.2. The number of carbonyl (C=O) groups is 1. The zero-order valence-electron chi connectivity index (χ0n) is 18.0. The van der Waals surface area contributed by atoms with Gasteiger partial charge in [0.05, 0.1) is 10.3 Å². The minimum atomic E-state index is -4.77. The van der Waals surface area contributed by atoms with E-state index >= 15 is 0 Å². The van der Waals surface area contributed by atoms with Gasteiger partial charge in [-0.3, -0.25) is 13.9 Å². The van der Waals surface area contributed by atoms with E-state index in [1.165, 1.54) is 12.1 Å². The third-order valence-corrected chi connectivity index (χ3v) is 7.85. The third-order valence-electron chi connectivity index (χ3n) is 6.12. The molecule has 1 heterocycles. The summed E-state index contributed by atoms with van der Waals surface area (Å²) in [5.41, 5.74) is 1.83. The van der Waals surface area contributed by atoms with Crippen LogP contribution in [0.5, 0.6) is 0 Å². The lowest BCUT2D eigenvalue weighted by Crippen LogP contribution is -2.27. The fraction of sp³-hybridized carbons (Fsp3) is 0.429. The van der Waals surface area contributed by atoms with E-state index in [2.05, 4.69) is 4.58 Å². The minimum absolute atomic E-state index is 0.103. The SMILES string of the molecule is CC1=[N+](CCCCCC(=O)O)c2ccc3c(S(=O)(=O)O)cc(S(=O)(=O)O)cc3c2C1(C)C. The van der Waals surface area contributed by atoms with Gasteiger partial charge in [0.25, 0.3) is 20.2 Å². The fourth-order valence-corrected chi connectivity index (χ4v) is 5.66. The predicted octanol–water partition coefficient (Wildman–Crippen LogP) is 3.37. The molecule has 3 N–H and O–H groups in total. The zero-order chi connectivity index (χ0) is 24.1. The Hall–Kier alpha value is -2.34. The summed E-state index contributed by atoms with van der Waals surface area (Å²) in [5, 5.41) is 9.25. The van der Waals surface area contributed by atoms with Gasteiger partial charge in [-0.05, 0) is 50.3 Å². The van der Waals surface area contributed by atoms with Crippen LogP contribution in [0.2, 0.25) is 0 Å². The van der Waals surface area contributed by atoms with Gasteiger partial charge in [0.15, 0.2) is 5.71 Å². The largest absolute Gasteiger partial charge is 0.481 e. The van der Waals surface area contributed by atoms with E-state index in [-0.39, 0.29) is 11.8 Å².